The largest absolute Gasteiger partial charge is 0.546 e. The zero-order valence-electron chi connectivity index (χ0n) is 15.2. The van der Waals surface area contributed by atoms with Gasteiger partial charge in [0.25, 0.3) is 5.91 Å². The zero-order chi connectivity index (χ0) is 20.5. The molecule has 0 bridgehead atoms. The first kappa shape index (κ1) is 20.3. The van der Waals surface area contributed by atoms with Crippen molar-refractivity contribution in [3.05, 3.63) is 53.6 Å². The number of hydrogen-bond acceptors (Lipinski definition) is 7. The van der Waals surface area contributed by atoms with E-state index >= 15 is 0 Å². The van der Waals surface area contributed by atoms with Crippen LogP contribution in [0.25, 0.3) is 6.08 Å². The van der Waals surface area contributed by atoms with Crippen molar-refractivity contribution in [2.24, 2.45) is 0 Å². The van der Waals surface area contributed by atoms with E-state index in [0.717, 1.165) is 0 Å². The van der Waals surface area contributed by atoms with Crippen molar-refractivity contribution in [1.29, 1.82) is 5.26 Å². The number of nitriles is 1. The molecule has 0 aliphatic carbocycles. The Morgan fingerprint density at radius 3 is 2.36 bits per heavy atom. The normalized spacial score (nSPS) is 10.5. The predicted octanol–water partition coefficient (Wildman–Crippen LogP) is 1.38. The molecule has 0 aliphatic rings. The maximum absolute atomic E-state index is 12.4. The Labute approximate surface area is 161 Å². The lowest BCUT2D eigenvalue weighted by atomic mass is 10.1. The van der Waals surface area contributed by atoms with Gasteiger partial charge in [-0.25, -0.2) is 0 Å². The number of anilines is 1. The fourth-order valence-corrected chi connectivity index (χ4v) is 2.23. The summed E-state index contributed by atoms with van der Waals surface area (Å²) < 4.78 is 15.3. The summed E-state index contributed by atoms with van der Waals surface area (Å²) in [5.41, 5.74) is 0.896. The highest BCUT2D eigenvalue weighted by molar-refractivity contribution is 6.09. The summed E-state index contributed by atoms with van der Waals surface area (Å²) >= 11 is 0. The second-order valence-electron chi connectivity index (χ2n) is 5.42. The average molecular weight is 381 g/mol. The van der Waals surface area contributed by atoms with Gasteiger partial charge in [0.15, 0.2) is 11.5 Å². The number of nitrogens with one attached hydrogen (secondary N) is 1. The van der Waals surface area contributed by atoms with Gasteiger partial charge in [0.05, 0.1) is 20.2 Å². The number of ether oxygens (including phenoxy) is 3. The molecule has 2 rings (SSSR count). The Kier molecular flexibility index (Phi) is 6.99. The van der Waals surface area contributed by atoms with Crippen LogP contribution in [0.2, 0.25) is 0 Å². The molecule has 2 aromatic carbocycles. The van der Waals surface area contributed by atoms with Gasteiger partial charge >= 0.3 is 0 Å². The second kappa shape index (κ2) is 9.64. The van der Waals surface area contributed by atoms with E-state index in [1.165, 1.54) is 32.4 Å². The molecule has 8 nitrogen and oxygen atoms in total. The second-order valence-corrected chi connectivity index (χ2v) is 5.42. The summed E-state index contributed by atoms with van der Waals surface area (Å²) in [5.74, 6) is -0.642. The Morgan fingerprint density at radius 1 is 1.11 bits per heavy atom. The van der Waals surface area contributed by atoms with E-state index in [1.807, 2.05) is 6.07 Å². The third-order valence-corrected chi connectivity index (χ3v) is 3.55. The molecule has 0 aromatic heterocycles. The molecule has 28 heavy (non-hydrogen) atoms. The highest BCUT2D eigenvalue weighted by atomic mass is 16.5. The van der Waals surface area contributed by atoms with Crippen molar-refractivity contribution in [2.45, 2.75) is 0 Å². The first-order chi connectivity index (χ1) is 13.5. The molecule has 0 heterocycles. The van der Waals surface area contributed by atoms with Gasteiger partial charge in [-0.3, -0.25) is 4.79 Å². The Bertz CT molecular complexity index is 929. The smallest absolute Gasteiger partial charge is 0.266 e. The summed E-state index contributed by atoms with van der Waals surface area (Å²) in [5, 5.41) is 22.3. The van der Waals surface area contributed by atoms with E-state index in [4.69, 9.17) is 14.2 Å². The number of carboxylic acids is 1. The molecule has 0 fully saturated rings. The minimum absolute atomic E-state index is 0.113. The number of carboxylic acid groups (broad SMARTS) is 1. The minimum Gasteiger partial charge on any atom is -0.546 e. The lowest BCUT2D eigenvalue weighted by molar-refractivity contribution is -0.307. The van der Waals surface area contributed by atoms with Gasteiger partial charge in [-0.15, -0.1) is 0 Å². The lowest BCUT2D eigenvalue weighted by Crippen LogP contribution is -2.28. The number of methoxy groups -OCH3 is 2. The van der Waals surface area contributed by atoms with Crippen molar-refractivity contribution in [3.8, 4) is 23.3 Å². The van der Waals surface area contributed by atoms with Crippen molar-refractivity contribution in [2.75, 3.05) is 26.1 Å². The Hall–Kier alpha value is -3.99. The fraction of sp³-hybridized carbons (Fsp3) is 0.150. The van der Waals surface area contributed by atoms with Gasteiger partial charge in [0.1, 0.15) is 24.0 Å². The van der Waals surface area contributed by atoms with Crippen molar-refractivity contribution >= 4 is 23.6 Å². The lowest BCUT2D eigenvalue weighted by Gasteiger charge is -2.10. The maximum Gasteiger partial charge on any atom is 0.266 e. The van der Waals surface area contributed by atoms with Crippen LogP contribution in [0.4, 0.5) is 5.69 Å². The summed E-state index contributed by atoms with van der Waals surface area (Å²) in [6.07, 6.45) is 1.40. The monoisotopic (exact) mass is 381 g/mol. The number of benzene rings is 2. The van der Waals surface area contributed by atoms with Crippen LogP contribution in [-0.2, 0) is 9.59 Å². The summed E-state index contributed by atoms with van der Waals surface area (Å²) in [6.45, 7) is -0.563. The van der Waals surface area contributed by atoms with Crippen molar-refractivity contribution in [1.82, 2.24) is 0 Å². The number of hydrogen-bond donors (Lipinski definition) is 1. The molecule has 1 N–H and O–H groups in total. The number of carbonyl (C=O) groups excluding carboxylic acids is 2. The van der Waals surface area contributed by atoms with Crippen LogP contribution < -0.4 is 24.6 Å². The fourth-order valence-electron chi connectivity index (χ4n) is 2.23. The van der Waals surface area contributed by atoms with Crippen LogP contribution in [0, 0.1) is 11.3 Å². The Morgan fingerprint density at radius 2 is 1.79 bits per heavy atom. The van der Waals surface area contributed by atoms with E-state index < -0.39 is 18.5 Å². The van der Waals surface area contributed by atoms with Crippen molar-refractivity contribution in [3.63, 3.8) is 0 Å². The zero-order valence-corrected chi connectivity index (χ0v) is 15.2. The number of rotatable bonds is 8. The van der Waals surface area contributed by atoms with E-state index in [-0.39, 0.29) is 5.57 Å². The molecule has 0 saturated heterocycles. The molecular formula is C20H17N2O6-. The SMILES string of the molecule is COc1ccc(NC(=O)/C(C#N)=C/c2ccc(OCC(=O)[O-])cc2)cc1OC. The van der Waals surface area contributed by atoms with Gasteiger partial charge in [-0.2, -0.15) is 5.26 Å². The topological polar surface area (TPSA) is 121 Å². The van der Waals surface area contributed by atoms with Crippen LogP contribution in [-0.4, -0.2) is 32.7 Å². The molecule has 144 valence electrons. The number of amides is 1. The number of aliphatic carboxylic acids is 1. The summed E-state index contributed by atoms with van der Waals surface area (Å²) in [6, 6.07) is 12.9. The number of nitrogens with zero attached hydrogens (tertiary/aromatic N) is 1. The van der Waals surface area contributed by atoms with Crippen LogP contribution in [0.3, 0.4) is 0 Å². The van der Waals surface area contributed by atoms with Crippen LogP contribution in [0.1, 0.15) is 5.56 Å². The molecule has 0 saturated carbocycles. The average Bonchev–Trinajstić information content (AvgIpc) is 2.71. The first-order valence-corrected chi connectivity index (χ1v) is 8.04. The van der Waals surface area contributed by atoms with Crippen LogP contribution in [0.5, 0.6) is 17.2 Å². The predicted molar refractivity (Wildman–Crippen MR) is 98.7 cm³/mol. The molecule has 0 atom stereocenters. The summed E-state index contributed by atoms with van der Waals surface area (Å²) in [4.78, 5) is 22.8. The minimum atomic E-state index is -1.33. The van der Waals surface area contributed by atoms with Crippen molar-refractivity contribution < 1.29 is 28.9 Å². The molecule has 0 unspecified atom stereocenters. The van der Waals surface area contributed by atoms with Gasteiger partial charge in [0, 0.05) is 11.8 Å². The standard InChI is InChI=1S/C20H18N2O6/c1-26-17-8-5-15(10-18(17)27-2)22-20(25)14(11-21)9-13-3-6-16(7-4-13)28-12-19(23)24/h3-10H,12H2,1-2H3,(H,22,25)(H,23,24)/p-1/b14-9+. The molecule has 2 aromatic rings. The first-order valence-electron chi connectivity index (χ1n) is 8.04. The van der Waals surface area contributed by atoms with E-state index in [9.17, 15) is 20.0 Å². The van der Waals surface area contributed by atoms with Crippen LogP contribution in [0.15, 0.2) is 48.0 Å². The van der Waals surface area contributed by atoms with Gasteiger partial charge in [-0.05, 0) is 35.9 Å². The van der Waals surface area contributed by atoms with E-state index in [2.05, 4.69) is 5.32 Å². The summed E-state index contributed by atoms with van der Waals surface area (Å²) in [7, 11) is 2.98. The highest BCUT2D eigenvalue weighted by Crippen LogP contribution is 2.29. The molecule has 0 radical (unpaired) electrons. The highest BCUT2D eigenvalue weighted by Gasteiger charge is 2.12. The third kappa shape index (κ3) is 5.51. The molecule has 0 spiro atoms. The molecular weight excluding hydrogens is 364 g/mol. The van der Waals surface area contributed by atoms with Gasteiger partial charge < -0.3 is 29.4 Å². The molecule has 0 aliphatic heterocycles. The van der Waals surface area contributed by atoms with Crippen LogP contribution >= 0.6 is 0 Å². The Balaban J connectivity index is 2.12. The van der Waals surface area contributed by atoms with E-state index in [1.54, 1.807) is 30.3 Å². The molecule has 1 amide bonds. The van der Waals surface area contributed by atoms with E-state index in [0.29, 0.717) is 28.5 Å². The number of carbonyl (C=O) groups is 2. The quantitative estimate of drug-likeness (QED) is 0.541. The molecule has 8 heteroatoms. The van der Waals surface area contributed by atoms with Gasteiger partial charge in [-0.1, -0.05) is 12.1 Å². The third-order valence-electron chi connectivity index (χ3n) is 3.55. The van der Waals surface area contributed by atoms with Gasteiger partial charge in [0.2, 0.25) is 0 Å². The maximum atomic E-state index is 12.4.